The van der Waals surface area contributed by atoms with Crippen LogP contribution in [0.3, 0.4) is 0 Å². The lowest BCUT2D eigenvalue weighted by molar-refractivity contribution is -0.115. The number of hydrogen-bond acceptors (Lipinski definition) is 2. The number of nitrogens with one attached hydrogen (secondary N) is 1. The highest BCUT2D eigenvalue weighted by Crippen LogP contribution is 2.40. The van der Waals surface area contributed by atoms with Crippen LogP contribution < -0.4 is 5.32 Å². The molecule has 2 aromatic rings. The van der Waals surface area contributed by atoms with Crippen LogP contribution in [-0.2, 0) is 11.2 Å². The van der Waals surface area contributed by atoms with Crippen LogP contribution in [0.5, 0.6) is 0 Å². The van der Waals surface area contributed by atoms with Crippen LogP contribution >= 0.6 is 22.6 Å². The summed E-state index contributed by atoms with van der Waals surface area (Å²) in [6.07, 6.45) is 0.707. The lowest BCUT2D eigenvalue weighted by Gasteiger charge is -2.09. The molecule has 20 heavy (non-hydrogen) atoms. The van der Waals surface area contributed by atoms with Gasteiger partial charge in [-0.25, -0.2) is 0 Å². The Bertz CT molecular complexity index is 747. The maximum Gasteiger partial charge on any atom is 0.238 e. The number of carbonyl (C=O) groups excluding carboxylic acids is 1. The van der Waals surface area contributed by atoms with Crippen LogP contribution in [0.15, 0.2) is 36.4 Å². The summed E-state index contributed by atoms with van der Waals surface area (Å²) in [5.41, 5.74) is 5.64. The number of amides is 1. The Morgan fingerprint density at radius 3 is 2.95 bits per heavy atom. The molecule has 1 aliphatic rings. The quantitative estimate of drug-likeness (QED) is 0.696. The topological polar surface area (TPSA) is 52.9 Å². The number of hydrogen-bond donors (Lipinski definition) is 1. The first-order valence-corrected chi connectivity index (χ1v) is 7.34. The highest BCUT2D eigenvalue weighted by atomic mass is 127. The molecule has 0 spiro atoms. The van der Waals surface area contributed by atoms with E-state index in [0.29, 0.717) is 0 Å². The van der Waals surface area contributed by atoms with Gasteiger partial charge in [-0.05, 0) is 63.0 Å². The molecule has 0 aliphatic heterocycles. The van der Waals surface area contributed by atoms with Gasteiger partial charge in [0.1, 0.15) is 6.42 Å². The van der Waals surface area contributed by atoms with Crippen LogP contribution in [0.25, 0.3) is 11.1 Å². The fraction of sp³-hybridized carbons (Fsp3) is 0.125. The van der Waals surface area contributed by atoms with E-state index in [1.54, 1.807) is 0 Å². The second kappa shape index (κ2) is 5.25. The zero-order valence-corrected chi connectivity index (χ0v) is 12.8. The van der Waals surface area contributed by atoms with E-state index in [0.717, 1.165) is 17.7 Å². The zero-order chi connectivity index (χ0) is 14.1. The standard InChI is InChI=1S/C16H11IN2O/c17-11-4-5-12-10(8-11)9-14-13(12)2-1-3-15(14)19-16(20)6-7-18/h1-5,8H,6,9H2,(H,19,20). The second-order valence-corrected chi connectivity index (χ2v) is 5.94. The number of nitriles is 1. The fourth-order valence-corrected chi connectivity index (χ4v) is 3.13. The summed E-state index contributed by atoms with van der Waals surface area (Å²) in [7, 11) is 0. The molecular formula is C16H11IN2O. The number of benzene rings is 2. The average molecular weight is 374 g/mol. The smallest absolute Gasteiger partial charge is 0.238 e. The molecule has 1 aliphatic carbocycles. The molecule has 0 radical (unpaired) electrons. The van der Waals surface area contributed by atoms with Crippen LogP contribution in [0.2, 0.25) is 0 Å². The molecule has 0 saturated heterocycles. The number of nitrogens with zero attached hydrogens (tertiary/aromatic N) is 1. The lowest BCUT2D eigenvalue weighted by atomic mass is 10.0. The van der Waals surface area contributed by atoms with E-state index in [9.17, 15) is 4.79 Å². The molecule has 0 aromatic heterocycles. The van der Waals surface area contributed by atoms with Crippen molar-refractivity contribution in [3.63, 3.8) is 0 Å². The number of rotatable bonds is 2. The summed E-state index contributed by atoms with van der Waals surface area (Å²) in [6.45, 7) is 0. The predicted molar refractivity (Wildman–Crippen MR) is 86.3 cm³/mol. The number of carbonyl (C=O) groups is 1. The minimum absolute atomic E-state index is 0.117. The van der Waals surface area contributed by atoms with Gasteiger partial charge in [0.2, 0.25) is 5.91 Å². The van der Waals surface area contributed by atoms with E-state index in [4.69, 9.17) is 5.26 Å². The zero-order valence-electron chi connectivity index (χ0n) is 10.6. The largest absolute Gasteiger partial charge is 0.325 e. The van der Waals surface area contributed by atoms with Gasteiger partial charge in [0.25, 0.3) is 0 Å². The van der Waals surface area contributed by atoms with E-state index in [2.05, 4.69) is 52.2 Å². The van der Waals surface area contributed by atoms with E-state index < -0.39 is 0 Å². The summed E-state index contributed by atoms with van der Waals surface area (Å²) < 4.78 is 1.21. The van der Waals surface area contributed by atoms with Gasteiger partial charge in [0.05, 0.1) is 6.07 Å². The van der Waals surface area contributed by atoms with Gasteiger partial charge in [0, 0.05) is 15.7 Å². The highest BCUT2D eigenvalue weighted by molar-refractivity contribution is 14.1. The molecule has 0 atom stereocenters. The predicted octanol–water partition coefficient (Wildman–Crippen LogP) is 3.71. The normalized spacial score (nSPS) is 11.4. The van der Waals surface area contributed by atoms with Crippen molar-refractivity contribution in [1.82, 2.24) is 0 Å². The molecule has 0 bridgehead atoms. The van der Waals surface area contributed by atoms with Crippen molar-refractivity contribution in [3.05, 3.63) is 51.1 Å². The lowest BCUT2D eigenvalue weighted by Crippen LogP contribution is -2.11. The first-order chi connectivity index (χ1) is 9.69. The Hall–Kier alpha value is -1.87. The molecule has 1 amide bonds. The Kier molecular flexibility index (Phi) is 3.45. The minimum Gasteiger partial charge on any atom is -0.325 e. The van der Waals surface area contributed by atoms with E-state index in [1.807, 2.05) is 18.2 Å². The van der Waals surface area contributed by atoms with Crippen LogP contribution in [0.1, 0.15) is 17.5 Å². The number of halogens is 1. The molecule has 2 aromatic carbocycles. The van der Waals surface area contributed by atoms with Crippen molar-refractivity contribution in [2.24, 2.45) is 0 Å². The highest BCUT2D eigenvalue weighted by Gasteiger charge is 2.21. The fourth-order valence-electron chi connectivity index (χ4n) is 2.57. The van der Waals surface area contributed by atoms with Crippen molar-refractivity contribution in [3.8, 4) is 17.2 Å². The van der Waals surface area contributed by atoms with Crippen LogP contribution in [0, 0.1) is 14.9 Å². The van der Waals surface area contributed by atoms with Crippen molar-refractivity contribution < 1.29 is 4.79 Å². The molecular weight excluding hydrogens is 363 g/mol. The van der Waals surface area contributed by atoms with Gasteiger partial charge in [-0.1, -0.05) is 18.2 Å². The van der Waals surface area contributed by atoms with Crippen LogP contribution in [0.4, 0.5) is 5.69 Å². The monoisotopic (exact) mass is 374 g/mol. The molecule has 0 fully saturated rings. The maximum absolute atomic E-state index is 11.6. The van der Waals surface area contributed by atoms with Crippen molar-refractivity contribution >= 4 is 34.2 Å². The van der Waals surface area contributed by atoms with E-state index in [-0.39, 0.29) is 12.3 Å². The summed E-state index contributed by atoms with van der Waals surface area (Å²) in [5, 5.41) is 11.4. The molecule has 0 heterocycles. The molecule has 0 unspecified atom stereocenters. The van der Waals surface area contributed by atoms with Gasteiger partial charge >= 0.3 is 0 Å². The van der Waals surface area contributed by atoms with Gasteiger partial charge in [-0.15, -0.1) is 0 Å². The summed E-state index contributed by atoms with van der Waals surface area (Å²) in [6, 6.07) is 14.2. The van der Waals surface area contributed by atoms with Crippen molar-refractivity contribution in [1.29, 1.82) is 5.26 Å². The molecule has 98 valence electrons. The second-order valence-electron chi connectivity index (χ2n) is 4.69. The Balaban J connectivity index is 2.00. The summed E-state index contributed by atoms with van der Waals surface area (Å²) in [5.74, 6) is -0.258. The average Bonchev–Trinajstić information content (AvgIpc) is 2.77. The van der Waals surface area contributed by atoms with E-state index in [1.165, 1.54) is 20.3 Å². The third-order valence-corrected chi connectivity index (χ3v) is 4.09. The first kappa shape index (κ1) is 13.1. The first-order valence-electron chi connectivity index (χ1n) is 6.26. The molecule has 0 saturated carbocycles. The number of fused-ring (bicyclic) bond motifs is 3. The SMILES string of the molecule is N#CCC(=O)Nc1cccc2c1Cc1cc(I)ccc1-2. The Labute approximate surface area is 130 Å². The molecule has 4 heteroatoms. The third kappa shape index (κ3) is 2.29. The summed E-state index contributed by atoms with van der Waals surface area (Å²) in [4.78, 5) is 11.6. The van der Waals surface area contributed by atoms with Gasteiger partial charge in [-0.2, -0.15) is 5.26 Å². The van der Waals surface area contributed by atoms with Gasteiger partial charge in [-0.3, -0.25) is 4.79 Å². The molecule has 1 N–H and O–H groups in total. The van der Waals surface area contributed by atoms with E-state index >= 15 is 0 Å². The molecule has 3 nitrogen and oxygen atoms in total. The molecule has 3 rings (SSSR count). The van der Waals surface area contributed by atoms with Gasteiger partial charge in [0.15, 0.2) is 0 Å². The maximum atomic E-state index is 11.6. The summed E-state index contributed by atoms with van der Waals surface area (Å²) >= 11 is 2.31. The van der Waals surface area contributed by atoms with Crippen LogP contribution in [-0.4, -0.2) is 5.91 Å². The minimum atomic E-state index is -0.258. The van der Waals surface area contributed by atoms with Crippen molar-refractivity contribution in [2.75, 3.05) is 5.32 Å². The Morgan fingerprint density at radius 1 is 1.30 bits per heavy atom. The van der Waals surface area contributed by atoms with Crippen molar-refractivity contribution in [2.45, 2.75) is 12.8 Å². The number of anilines is 1. The Morgan fingerprint density at radius 2 is 2.15 bits per heavy atom. The van der Waals surface area contributed by atoms with Gasteiger partial charge < -0.3 is 5.32 Å². The third-order valence-electron chi connectivity index (χ3n) is 3.41.